The van der Waals surface area contributed by atoms with Crippen molar-refractivity contribution in [3.8, 4) is 6.19 Å². The second-order valence-electron chi connectivity index (χ2n) is 3.34. The Labute approximate surface area is 61.4 Å². The fourth-order valence-electron chi connectivity index (χ4n) is 1.89. The lowest BCUT2D eigenvalue weighted by molar-refractivity contribution is 0.331. The standard InChI is InChI=1S/C8H12N2/c9-6-10-5-1-2-8(10)7-3-4-7/h7-8H,1-5H2. The molecule has 0 bridgehead atoms. The molecule has 1 saturated heterocycles. The summed E-state index contributed by atoms with van der Waals surface area (Å²) in [6, 6.07) is 0.630. The van der Waals surface area contributed by atoms with Crippen LogP contribution in [0.4, 0.5) is 0 Å². The third-order valence-corrected chi connectivity index (χ3v) is 2.59. The molecule has 0 N–H and O–H groups in total. The van der Waals surface area contributed by atoms with Gasteiger partial charge < -0.3 is 4.90 Å². The monoisotopic (exact) mass is 136 g/mol. The highest BCUT2D eigenvalue weighted by molar-refractivity contribution is 4.96. The van der Waals surface area contributed by atoms with Crippen molar-refractivity contribution in [3.05, 3.63) is 0 Å². The van der Waals surface area contributed by atoms with E-state index in [-0.39, 0.29) is 0 Å². The molecule has 1 saturated carbocycles. The van der Waals surface area contributed by atoms with Crippen LogP contribution in [0.15, 0.2) is 0 Å². The molecule has 2 heteroatoms. The minimum Gasteiger partial charge on any atom is -0.307 e. The molecule has 1 atom stereocenters. The van der Waals surface area contributed by atoms with Gasteiger partial charge in [-0.25, -0.2) is 0 Å². The van der Waals surface area contributed by atoms with Gasteiger partial charge in [0.2, 0.25) is 0 Å². The summed E-state index contributed by atoms with van der Waals surface area (Å²) in [6.07, 6.45) is 7.49. The zero-order valence-electron chi connectivity index (χ0n) is 6.08. The molecule has 2 aliphatic rings. The molecular formula is C8H12N2. The van der Waals surface area contributed by atoms with E-state index >= 15 is 0 Å². The molecule has 1 unspecified atom stereocenters. The Bertz CT molecular complexity index is 167. The van der Waals surface area contributed by atoms with E-state index in [0.717, 1.165) is 12.5 Å². The van der Waals surface area contributed by atoms with Crippen LogP contribution in [0.5, 0.6) is 0 Å². The largest absolute Gasteiger partial charge is 0.307 e. The van der Waals surface area contributed by atoms with Crippen LogP contribution >= 0.6 is 0 Å². The van der Waals surface area contributed by atoms with Crippen LogP contribution in [-0.2, 0) is 0 Å². The predicted molar refractivity (Wildman–Crippen MR) is 38.1 cm³/mol. The molecule has 0 aromatic carbocycles. The van der Waals surface area contributed by atoms with E-state index in [1.54, 1.807) is 0 Å². The van der Waals surface area contributed by atoms with Crippen LogP contribution in [0, 0.1) is 17.4 Å². The Morgan fingerprint density at radius 3 is 2.70 bits per heavy atom. The molecule has 0 aromatic heterocycles. The molecule has 2 fully saturated rings. The maximum Gasteiger partial charge on any atom is 0.179 e. The lowest BCUT2D eigenvalue weighted by atomic mass is 10.1. The maximum absolute atomic E-state index is 8.69. The Morgan fingerprint density at radius 2 is 2.10 bits per heavy atom. The normalized spacial score (nSPS) is 32.3. The molecule has 1 heterocycles. The average molecular weight is 136 g/mol. The molecule has 54 valence electrons. The topological polar surface area (TPSA) is 27.0 Å². The number of rotatable bonds is 1. The lowest BCUT2D eigenvalue weighted by Crippen LogP contribution is -2.25. The van der Waals surface area contributed by atoms with Crippen molar-refractivity contribution in [2.75, 3.05) is 6.54 Å². The summed E-state index contributed by atoms with van der Waals surface area (Å²) in [4.78, 5) is 1.97. The highest BCUT2D eigenvalue weighted by Crippen LogP contribution is 2.39. The molecule has 0 amide bonds. The molecule has 2 rings (SSSR count). The maximum atomic E-state index is 8.69. The van der Waals surface area contributed by atoms with E-state index in [1.807, 2.05) is 4.90 Å². The van der Waals surface area contributed by atoms with Crippen molar-refractivity contribution >= 4 is 0 Å². The van der Waals surface area contributed by atoms with Gasteiger partial charge in [-0.05, 0) is 31.6 Å². The molecule has 1 aliphatic carbocycles. The highest BCUT2D eigenvalue weighted by Gasteiger charge is 2.37. The van der Waals surface area contributed by atoms with E-state index in [4.69, 9.17) is 5.26 Å². The number of hydrogen-bond acceptors (Lipinski definition) is 2. The fraction of sp³-hybridized carbons (Fsp3) is 0.875. The van der Waals surface area contributed by atoms with Gasteiger partial charge in [-0.1, -0.05) is 0 Å². The molecular weight excluding hydrogens is 124 g/mol. The summed E-state index contributed by atoms with van der Waals surface area (Å²) in [5, 5.41) is 8.69. The van der Waals surface area contributed by atoms with Crippen LogP contribution in [0.1, 0.15) is 25.7 Å². The minimum atomic E-state index is 0.630. The summed E-state index contributed by atoms with van der Waals surface area (Å²) in [5.41, 5.74) is 0. The number of nitriles is 1. The smallest absolute Gasteiger partial charge is 0.179 e. The van der Waals surface area contributed by atoms with Gasteiger partial charge in [-0.3, -0.25) is 0 Å². The first-order valence-electron chi connectivity index (χ1n) is 4.08. The Balaban J connectivity index is 1.99. The first-order chi connectivity index (χ1) is 4.92. The Hall–Kier alpha value is -0.710. The molecule has 2 nitrogen and oxygen atoms in total. The first kappa shape index (κ1) is 6.03. The van der Waals surface area contributed by atoms with Gasteiger partial charge in [0.1, 0.15) is 0 Å². The first-order valence-corrected chi connectivity index (χ1v) is 4.08. The second kappa shape index (κ2) is 2.16. The van der Waals surface area contributed by atoms with Crippen molar-refractivity contribution in [2.45, 2.75) is 31.7 Å². The number of likely N-dealkylation sites (tertiary alicyclic amines) is 1. The van der Waals surface area contributed by atoms with Crippen molar-refractivity contribution in [3.63, 3.8) is 0 Å². The van der Waals surface area contributed by atoms with Gasteiger partial charge in [0.25, 0.3) is 0 Å². The van der Waals surface area contributed by atoms with Gasteiger partial charge in [0.05, 0.1) is 0 Å². The molecule has 0 aromatic rings. The van der Waals surface area contributed by atoms with Crippen LogP contribution in [0.2, 0.25) is 0 Å². The number of hydrogen-bond donors (Lipinski definition) is 0. The van der Waals surface area contributed by atoms with Crippen molar-refractivity contribution in [2.24, 2.45) is 5.92 Å². The lowest BCUT2D eigenvalue weighted by Gasteiger charge is -2.16. The third kappa shape index (κ3) is 0.862. The van der Waals surface area contributed by atoms with Crippen LogP contribution < -0.4 is 0 Å². The summed E-state index contributed by atoms with van der Waals surface area (Å²) in [6.45, 7) is 1.01. The minimum absolute atomic E-state index is 0.630. The third-order valence-electron chi connectivity index (χ3n) is 2.59. The van der Waals surface area contributed by atoms with E-state index in [9.17, 15) is 0 Å². The van der Waals surface area contributed by atoms with E-state index in [1.165, 1.54) is 25.7 Å². The fourth-order valence-corrected chi connectivity index (χ4v) is 1.89. The van der Waals surface area contributed by atoms with Crippen LogP contribution in [0.25, 0.3) is 0 Å². The van der Waals surface area contributed by atoms with Crippen molar-refractivity contribution in [1.29, 1.82) is 5.26 Å². The molecule has 0 spiro atoms. The van der Waals surface area contributed by atoms with Crippen LogP contribution in [-0.4, -0.2) is 17.5 Å². The molecule has 10 heavy (non-hydrogen) atoms. The Kier molecular flexibility index (Phi) is 1.30. The van der Waals surface area contributed by atoms with Crippen molar-refractivity contribution in [1.82, 2.24) is 4.90 Å². The van der Waals surface area contributed by atoms with Crippen molar-refractivity contribution < 1.29 is 0 Å². The molecule has 1 aliphatic heterocycles. The highest BCUT2D eigenvalue weighted by atomic mass is 15.2. The predicted octanol–water partition coefficient (Wildman–Crippen LogP) is 1.34. The number of nitrogens with zero attached hydrogens (tertiary/aromatic N) is 2. The summed E-state index contributed by atoms with van der Waals surface area (Å²) in [5.74, 6) is 0.877. The Morgan fingerprint density at radius 1 is 1.30 bits per heavy atom. The van der Waals surface area contributed by atoms with Gasteiger partial charge in [-0.15, -0.1) is 0 Å². The average Bonchev–Trinajstić information content (AvgIpc) is 2.69. The van der Waals surface area contributed by atoms with Gasteiger partial charge in [0.15, 0.2) is 6.19 Å². The van der Waals surface area contributed by atoms with Gasteiger partial charge in [0, 0.05) is 12.6 Å². The second-order valence-corrected chi connectivity index (χ2v) is 3.34. The summed E-state index contributed by atoms with van der Waals surface area (Å²) >= 11 is 0. The van der Waals surface area contributed by atoms with E-state index < -0.39 is 0 Å². The van der Waals surface area contributed by atoms with Crippen LogP contribution in [0.3, 0.4) is 0 Å². The zero-order valence-corrected chi connectivity index (χ0v) is 6.08. The summed E-state index contributed by atoms with van der Waals surface area (Å²) in [7, 11) is 0. The quantitative estimate of drug-likeness (QED) is 0.509. The molecule has 0 radical (unpaired) electrons. The van der Waals surface area contributed by atoms with Gasteiger partial charge >= 0.3 is 0 Å². The van der Waals surface area contributed by atoms with Gasteiger partial charge in [-0.2, -0.15) is 5.26 Å². The SMILES string of the molecule is N#CN1CCCC1C1CC1. The zero-order chi connectivity index (χ0) is 6.97. The van der Waals surface area contributed by atoms with E-state index in [2.05, 4.69) is 6.19 Å². The summed E-state index contributed by atoms with van der Waals surface area (Å²) < 4.78 is 0. The van der Waals surface area contributed by atoms with E-state index in [0.29, 0.717) is 6.04 Å².